The van der Waals surface area contributed by atoms with Gasteiger partial charge in [-0.3, -0.25) is 0 Å². The van der Waals surface area contributed by atoms with E-state index in [4.69, 9.17) is 23.2 Å². The highest BCUT2D eigenvalue weighted by Gasteiger charge is 2.07. The van der Waals surface area contributed by atoms with E-state index in [0.717, 1.165) is 24.5 Å². The molecule has 0 heterocycles. The molecule has 0 fully saturated rings. The Bertz CT molecular complexity index is 326. The van der Waals surface area contributed by atoms with Crippen molar-refractivity contribution in [1.82, 2.24) is 5.32 Å². The van der Waals surface area contributed by atoms with Crippen molar-refractivity contribution in [3.05, 3.63) is 33.8 Å². The molecule has 1 rings (SSSR count). The van der Waals surface area contributed by atoms with Crippen LogP contribution in [0.1, 0.15) is 25.8 Å². The van der Waals surface area contributed by atoms with E-state index in [-0.39, 0.29) is 0 Å². The summed E-state index contributed by atoms with van der Waals surface area (Å²) in [6, 6.07) is 5.74. The first-order valence-corrected chi connectivity index (χ1v) is 6.53. The maximum Gasteiger partial charge on any atom is 0.0452 e. The third-order valence-corrected chi connectivity index (χ3v) is 3.23. The Kier molecular flexibility index (Phi) is 6.18. The summed E-state index contributed by atoms with van der Waals surface area (Å²) in [6.45, 7) is 6.49. The Balaban J connectivity index is 2.46. The van der Waals surface area contributed by atoms with Crippen molar-refractivity contribution in [2.24, 2.45) is 5.92 Å². The van der Waals surface area contributed by atoms with E-state index >= 15 is 0 Å². The fraction of sp³-hybridized carbons (Fsp3) is 0.538. The predicted molar refractivity (Wildman–Crippen MR) is 72.5 cm³/mol. The summed E-state index contributed by atoms with van der Waals surface area (Å²) >= 11 is 12.0. The van der Waals surface area contributed by atoms with Gasteiger partial charge < -0.3 is 5.32 Å². The van der Waals surface area contributed by atoms with Crippen LogP contribution in [0, 0.1) is 5.92 Å². The quantitative estimate of drug-likeness (QED) is 0.757. The highest BCUT2D eigenvalue weighted by Crippen LogP contribution is 2.24. The number of hydrogen-bond acceptors (Lipinski definition) is 1. The highest BCUT2D eigenvalue weighted by atomic mass is 35.5. The van der Waals surface area contributed by atoms with Gasteiger partial charge in [0.05, 0.1) is 0 Å². The van der Waals surface area contributed by atoms with Crippen LogP contribution in [0.3, 0.4) is 0 Å². The zero-order valence-electron chi connectivity index (χ0n) is 9.89. The van der Waals surface area contributed by atoms with Crippen LogP contribution in [0.15, 0.2) is 18.2 Å². The Hall–Kier alpha value is -0.240. The lowest BCUT2D eigenvalue weighted by Crippen LogP contribution is -2.17. The van der Waals surface area contributed by atoms with Crippen molar-refractivity contribution >= 4 is 23.2 Å². The number of rotatable bonds is 6. The van der Waals surface area contributed by atoms with Crippen molar-refractivity contribution < 1.29 is 0 Å². The molecule has 0 aliphatic carbocycles. The number of nitrogens with one attached hydrogen (secondary N) is 1. The molecule has 0 aromatic heterocycles. The molecule has 0 aliphatic rings. The van der Waals surface area contributed by atoms with Crippen LogP contribution in [0.4, 0.5) is 0 Å². The third kappa shape index (κ3) is 4.73. The fourth-order valence-corrected chi connectivity index (χ4v) is 2.18. The van der Waals surface area contributed by atoms with Crippen molar-refractivity contribution in [2.45, 2.75) is 26.7 Å². The number of hydrogen-bond donors (Lipinski definition) is 1. The van der Waals surface area contributed by atoms with E-state index < -0.39 is 0 Å². The smallest absolute Gasteiger partial charge is 0.0452 e. The molecule has 0 bridgehead atoms. The lowest BCUT2D eigenvalue weighted by atomic mass is 9.98. The van der Waals surface area contributed by atoms with E-state index in [9.17, 15) is 0 Å². The van der Waals surface area contributed by atoms with Crippen LogP contribution >= 0.6 is 23.2 Å². The minimum Gasteiger partial charge on any atom is -0.317 e. The Morgan fingerprint density at radius 1 is 1.31 bits per heavy atom. The van der Waals surface area contributed by atoms with Crippen molar-refractivity contribution in [3.63, 3.8) is 0 Å². The molecule has 1 aromatic carbocycles. The monoisotopic (exact) mass is 259 g/mol. The van der Waals surface area contributed by atoms with Gasteiger partial charge in [0.25, 0.3) is 0 Å². The van der Waals surface area contributed by atoms with Gasteiger partial charge in [0.15, 0.2) is 0 Å². The second-order valence-corrected chi connectivity index (χ2v) is 5.03. The van der Waals surface area contributed by atoms with Gasteiger partial charge >= 0.3 is 0 Å². The van der Waals surface area contributed by atoms with Crippen LogP contribution < -0.4 is 5.32 Å². The van der Waals surface area contributed by atoms with E-state index in [1.807, 2.05) is 18.2 Å². The average molecular weight is 260 g/mol. The maximum absolute atomic E-state index is 6.13. The SMILES string of the molecule is CCNCCC(C)Cc1ccc(Cl)cc1Cl. The Morgan fingerprint density at radius 2 is 2.06 bits per heavy atom. The number of halogens is 2. The van der Waals surface area contributed by atoms with E-state index in [1.54, 1.807) is 0 Å². The minimum atomic E-state index is 0.637. The summed E-state index contributed by atoms with van der Waals surface area (Å²) in [5.74, 6) is 0.637. The normalized spacial score (nSPS) is 12.8. The second kappa shape index (κ2) is 7.16. The lowest BCUT2D eigenvalue weighted by Gasteiger charge is -2.12. The van der Waals surface area contributed by atoms with Crippen LogP contribution in [-0.2, 0) is 6.42 Å². The van der Waals surface area contributed by atoms with Gasteiger partial charge in [-0.25, -0.2) is 0 Å². The summed E-state index contributed by atoms with van der Waals surface area (Å²) in [5.41, 5.74) is 1.19. The molecule has 0 amide bonds. The molecular formula is C13H19Cl2N. The van der Waals surface area contributed by atoms with Gasteiger partial charge in [-0.15, -0.1) is 0 Å². The van der Waals surface area contributed by atoms with E-state index in [2.05, 4.69) is 19.2 Å². The standard InChI is InChI=1S/C13H19Cl2N/c1-3-16-7-6-10(2)8-11-4-5-12(14)9-13(11)15/h4-5,9-10,16H,3,6-8H2,1-2H3. The molecule has 90 valence electrons. The molecule has 0 saturated heterocycles. The van der Waals surface area contributed by atoms with Gasteiger partial charge in [-0.05, 0) is 49.5 Å². The first-order chi connectivity index (χ1) is 7.63. The zero-order valence-corrected chi connectivity index (χ0v) is 11.4. The van der Waals surface area contributed by atoms with Crippen LogP contribution in [-0.4, -0.2) is 13.1 Å². The molecular weight excluding hydrogens is 241 g/mol. The lowest BCUT2D eigenvalue weighted by molar-refractivity contribution is 0.504. The molecule has 16 heavy (non-hydrogen) atoms. The molecule has 1 N–H and O–H groups in total. The molecule has 1 unspecified atom stereocenters. The number of benzene rings is 1. The zero-order chi connectivity index (χ0) is 12.0. The van der Waals surface area contributed by atoms with Gasteiger partial charge in [0.1, 0.15) is 0 Å². The van der Waals surface area contributed by atoms with Gasteiger partial charge in [-0.1, -0.05) is 43.1 Å². The molecule has 0 spiro atoms. The topological polar surface area (TPSA) is 12.0 Å². The van der Waals surface area contributed by atoms with Crippen LogP contribution in [0.5, 0.6) is 0 Å². The molecule has 1 aromatic rings. The Labute approximate surface area is 108 Å². The first-order valence-electron chi connectivity index (χ1n) is 5.78. The fourth-order valence-electron chi connectivity index (χ4n) is 1.69. The molecule has 0 aliphatic heterocycles. The summed E-state index contributed by atoms with van der Waals surface area (Å²) in [6.07, 6.45) is 2.19. The molecule has 0 saturated carbocycles. The van der Waals surface area contributed by atoms with E-state index in [1.165, 1.54) is 12.0 Å². The van der Waals surface area contributed by atoms with Crippen molar-refractivity contribution in [1.29, 1.82) is 0 Å². The molecule has 3 heteroatoms. The van der Waals surface area contributed by atoms with Gasteiger partial charge in [-0.2, -0.15) is 0 Å². The molecule has 1 atom stereocenters. The third-order valence-electron chi connectivity index (χ3n) is 2.65. The van der Waals surface area contributed by atoms with Gasteiger partial charge in [0.2, 0.25) is 0 Å². The largest absolute Gasteiger partial charge is 0.317 e. The first kappa shape index (κ1) is 13.8. The van der Waals surface area contributed by atoms with Crippen LogP contribution in [0.25, 0.3) is 0 Å². The molecule has 1 nitrogen and oxygen atoms in total. The van der Waals surface area contributed by atoms with Crippen molar-refractivity contribution in [3.8, 4) is 0 Å². The summed E-state index contributed by atoms with van der Waals surface area (Å²) < 4.78 is 0. The van der Waals surface area contributed by atoms with Gasteiger partial charge in [0, 0.05) is 10.0 Å². The van der Waals surface area contributed by atoms with E-state index in [0.29, 0.717) is 10.9 Å². The van der Waals surface area contributed by atoms with Crippen LogP contribution in [0.2, 0.25) is 10.0 Å². The average Bonchev–Trinajstić information content (AvgIpc) is 2.23. The maximum atomic E-state index is 6.13. The highest BCUT2D eigenvalue weighted by molar-refractivity contribution is 6.35. The summed E-state index contributed by atoms with van der Waals surface area (Å²) in [4.78, 5) is 0. The minimum absolute atomic E-state index is 0.637. The predicted octanol–water partition coefficient (Wildman–Crippen LogP) is 4.17. The summed E-state index contributed by atoms with van der Waals surface area (Å²) in [7, 11) is 0. The molecule has 0 radical (unpaired) electrons. The second-order valence-electron chi connectivity index (χ2n) is 4.19. The Morgan fingerprint density at radius 3 is 2.69 bits per heavy atom. The summed E-state index contributed by atoms with van der Waals surface area (Å²) in [5, 5.41) is 4.82. The van der Waals surface area contributed by atoms with Crippen molar-refractivity contribution in [2.75, 3.05) is 13.1 Å².